The fourth-order valence-electron chi connectivity index (χ4n) is 1.81. The van der Waals surface area contributed by atoms with Gasteiger partial charge in [0.15, 0.2) is 11.5 Å². The Morgan fingerprint density at radius 1 is 1.06 bits per heavy atom. The van der Waals surface area contributed by atoms with E-state index in [1.54, 1.807) is 0 Å². The van der Waals surface area contributed by atoms with Crippen LogP contribution >= 0.6 is 0 Å². The average molecular weight is 239 g/mol. The van der Waals surface area contributed by atoms with E-state index in [0.29, 0.717) is 12.4 Å². The zero-order valence-corrected chi connectivity index (χ0v) is 10.1. The van der Waals surface area contributed by atoms with E-state index < -0.39 is 0 Å². The number of hydrogen-bond donors (Lipinski definition) is 0. The van der Waals surface area contributed by atoms with Crippen molar-refractivity contribution in [3.63, 3.8) is 0 Å². The van der Waals surface area contributed by atoms with Crippen molar-refractivity contribution in [3.05, 3.63) is 60.0 Å². The molecule has 0 fully saturated rings. The predicted molar refractivity (Wildman–Crippen MR) is 68.5 cm³/mol. The molecular weight excluding hydrogens is 226 g/mol. The summed E-state index contributed by atoms with van der Waals surface area (Å²) >= 11 is 0. The van der Waals surface area contributed by atoms with Crippen molar-refractivity contribution in [1.82, 2.24) is 14.6 Å². The molecule has 0 amide bonds. The molecule has 1 aromatic carbocycles. The lowest BCUT2D eigenvalue weighted by Crippen LogP contribution is -1.98. The van der Waals surface area contributed by atoms with Gasteiger partial charge in [0.05, 0.1) is 0 Å². The first-order chi connectivity index (χ1) is 8.83. The molecule has 90 valence electrons. The van der Waals surface area contributed by atoms with E-state index in [0.717, 1.165) is 17.1 Å². The van der Waals surface area contributed by atoms with Crippen LogP contribution in [0.15, 0.2) is 48.5 Å². The monoisotopic (exact) mass is 239 g/mol. The van der Waals surface area contributed by atoms with Gasteiger partial charge in [-0.05, 0) is 31.2 Å². The molecule has 4 heteroatoms. The van der Waals surface area contributed by atoms with Gasteiger partial charge in [0, 0.05) is 5.69 Å². The van der Waals surface area contributed by atoms with E-state index in [1.807, 2.05) is 60.0 Å². The summed E-state index contributed by atoms with van der Waals surface area (Å²) < 4.78 is 7.45. The highest BCUT2D eigenvalue weighted by Gasteiger charge is 2.05. The van der Waals surface area contributed by atoms with Crippen molar-refractivity contribution in [3.8, 4) is 5.75 Å². The number of benzene rings is 1. The summed E-state index contributed by atoms with van der Waals surface area (Å²) in [6.45, 7) is 2.38. The molecule has 0 atom stereocenters. The molecule has 2 heterocycles. The SMILES string of the molecule is Cc1cccc2nc(COc3ccccc3)nn12. The number of para-hydroxylation sites is 1. The molecule has 0 aliphatic heterocycles. The van der Waals surface area contributed by atoms with E-state index in [4.69, 9.17) is 4.74 Å². The van der Waals surface area contributed by atoms with Crippen LogP contribution in [0.25, 0.3) is 5.65 Å². The third kappa shape index (κ3) is 2.05. The quantitative estimate of drug-likeness (QED) is 0.705. The average Bonchev–Trinajstić information content (AvgIpc) is 2.82. The number of aromatic nitrogens is 3. The Hall–Kier alpha value is -2.36. The van der Waals surface area contributed by atoms with Crippen molar-refractivity contribution in [2.45, 2.75) is 13.5 Å². The number of pyridine rings is 1. The fraction of sp³-hybridized carbons (Fsp3) is 0.143. The first kappa shape index (κ1) is 10.8. The number of aryl methyl sites for hydroxylation is 1. The molecule has 3 rings (SSSR count). The van der Waals surface area contributed by atoms with Gasteiger partial charge in [0.25, 0.3) is 0 Å². The number of rotatable bonds is 3. The first-order valence-corrected chi connectivity index (χ1v) is 5.82. The second kappa shape index (κ2) is 4.49. The molecule has 2 aromatic heterocycles. The molecule has 0 bridgehead atoms. The Morgan fingerprint density at radius 3 is 2.67 bits per heavy atom. The summed E-state index contributed by atoms with van der Waals surface area (Å²) in [5.74, 6) is 1.52. The van der Waals surface area contributed by atoms with Crippen molar-refractivity contribution in [1.29, 1.82) is 0 Å². The Labute approximate surface area is 105 Å². The van der Waals surface area contributed by atoms with Crippen LogP contribution < -0.4 is 4.74 Å². The van der Waals surface area contributed by atoms with Crippen LogP contribution in [0, 0.1) is 6.92 Å². The number of fused-ring (bicyclic) bond motifs is 1. The van der Waals surface area contributed by atoms with Crippen LogP contribution in [0.4, 0.5) is 0 Å². The van der Waals surface area contributed by atoms with E-state index in [-0.39, 0.29) is 0 Å². The van der Waals surface area contributed by atoms with Crippen LogP contribution in [0.3, 0.4) is 0 Å². The Morgan fingerprint density at radius 2 is 1.89 bits per heavy atom. The maximum atomic E-state index is 5.62. The van der Waals surface area contributed by atoms with Gasteiger partial charge in [-0.3, -0.25) is 0 Å². The van der Waals surface area contributed by atoms with E-state index >= 15 is 0 Å². The van der Waals surface area contributed by atoms with Crippen molar-refractivity contribution >= 4 is 5.65 Å². The van der Waals surface area contributed by atoms with Crippen LogP contribution in [-0.2, 0) is 6.61 Å². The molecule has 0 saturated heterocycles. The van der Waals surface area contributed by atoms with Crippen LogP contribution in [-0.4, -0.2) is 14.6 Å². The standard InChI is InChI=1S/C14H13N3O/c1-11-6-5-9-14-15-13(16-17(11)14)10-18-12-7-3-2-4-8-12/h2-9H,10H2,1H3. The Bertz CT molecular complexity index is 661. The molecule has 3 aromatic rings. The van der Waals surface area contributed by atoms with Gasteiger partial charge in [-0.25, -0.2) is 9.50 Å². The van der Waals surface area contributed by atoms with E-state index in [2.05, 4.69) is 10.1 Å². The maximum Gasteiger partial charge on any atom is 0.189 e. The molecule has 0 unspecified atom stereocenters. The fourth-order valence-corrected chi connectivity index (χ4v) is 1.81. The second-order valence-electron chi connectivity index (χ2n) is 4.07. The molecule has 0 aliphatic rings. The van der Waals surface area contributed by atoms with Crippen LogP contribution in [0.1, 0.15) is 11.5 Å². The van der Waals surface area contributed by atoms with Gasteiger partial charge in [-0.15, -0.1) is 5.10 Å². The van der Waals surface area contributed by atoms with E-state index in [9.17, 15) is 0 Å². The summed E-state index contributed by atoms with van der Waals surface area (Å²) in [6.07, 6.45) is 0. The Balaban J connectivity index is 1.81. The largest absolute Gasteiger partial charge is 0.486 e. The molecule has 0 saturated carbocycles. The second-order valence-corrected chi connectivity index (χ2v) is 4.07. The molecular formula is C14H13N3O. The smallest absolute Gasteiger partial charge is 0.189 e. The third-order valence-corrected chi connectivity index (χ3v) is 2.70. The number of hydrogen-bond acceptors (Lipinski definition) is 3. The van der Waals surface area contributed by atoms with Crippen LogP contribution in [0.2, 0.25) is 0 Å². The minimum Gasteiger partial charge on any atom is -0.486 e. The van der Waals surface area contributed by atoms with Gasteiger partial charge < -0.3 is 4.74 Å². The zero-order chi connectivity index (χ0) is 12.4. The zero-order valence-electron chi connectivity index (χ0n) is 10.1. The van der Waals surface area contributed by atoms with Crippen molar-refractivity contribution < 1.29 is 4.74 Å². The van der Waals surface area contributed by atoms with Crippen molar-refractivity contribution in [2.75, 3.05) is 0 Å². The summed E-state index contributed by atoms with van der Waals surface area (Å²) in [5, 5.41) is 4.41. The van der Waals surface area contributed by atoms with Gasteiger partial charge >= 0.3 is 0 Å². The highest BCUT2D eigenvalue weighted by molar-refractivity contribution is 5.38. The summed E-state index contributed by atoms with van der Waals surface area (Å²) in [4.78, 5) is 4.42. The minimum atomic E-state index is 0.380. The molecule has 0 aliphatic carbocycles. The topological polar surface area (TPSA) is 39.4 Å². The van der Waals surface area contributed by atoms with E-state index in [1.165, 1.54) is 0 Å². The molecule has 4 nitrogen and oxygen atoms in total. The lowest BCUT2D eigenvalue weighted by molar-refractivity contribution is 0.296. The minimum absolute atomic E-state index is 0.380. The van der Waals surface area contributed by atoms with Crippen LogP contribution in [0.5, 0.6) is 5.75 Å². The summed E-state index contributed by atoms with van der Waals surface area (Å²) in [6, 6.07) is 15.6. The van der Waals surface area contributed by atoms with Gasteiger partial charge in [-0.1, -0.05) is 24.3 Å². The van der Waals surface area contributed by atoms with Gasteiger partial charge in [0.1, 0.15) is 12.4 Å². The highest BCUT2D eigenvalue weighted by Crippen LogP contribution is 2.11. The third-order valence-electron chi connectivity index (χ3n) is 2.70. The Kier molecular flexibility index (Phi) is 2.68. The molecule has 0 radical (unpaired) electrons. The highest BCUT2D eigenvalue weighted by atomic mass is 16.5. The number of nitrogens with zero attached hydrogens (tertiary/aromatic N) is 3. The molecule has 18 heavy (non-hydrogen) atoms. The normalized spacial score (nSPS) is 10.7. The van der Waals surface area contributed by atoms with Gasteiger partial charge in [-0.2, -0.15) is 0 Å². The number of ether oxygens (including phenoxy) is 1. The van der Waals surface area contributed by atoms with Crippen molar-refractivity contribution in [2.24, 2.45) is 0 Å². The summed E-state index contributed by atoms with van der Waals surface area (Å²) in [5.41, 5.74) is 1.91. The lowest BCUT2D eigenvalue weighted by Gasteiger charge is -2.01. The first-order valence-electron chi connectivity index (χ1n) is 5.82. The maximum absolute atomic E-state index is 5.62. The molecule has 0 N–H and O–H groups in total. The summed E-state index contributed by atoms with van der Waals surface area (Å²) in [7, 11) is 0. The molecule has 0 spiro atoms. The van der Waals surface area contributed by atoms with Gasteiger partial charge in [0.2, 0.25) is 0 Å². The predicted octanol–water partition coefficient (Wildman–Crippen LogP) is 2.62. The lowest BCUT2D eigenvalue weighted by atomic mass is 10.3.